The van der Waals surface area contributed by atoms with Gasteiger partial charge in [0.25, 0.3) is 0 Å². The van der Waals surface area contributed by atoms with Gasteiger partial charge in [-0.15, -0.1) is 0 Å². The third kappa shape index (κ3) is 2.30. The van der Waals surface area contributed by atoms with Gasteiger partial charge < -0.3 is 15.8 Å². The number of nitrogens with two attached hydrogens (primary N) is 1. The molecule has 0 spiro atoms. The summed E-state index contributed by atoms with van der Waals surface area (Å²) in [5.74, 6) is 0. The van der Waals surface area contributed by atoms with Crippen molar-refractivity contribution in [2.75, 3.05) is 52.5 Å². The summed E-state index contributed by atoms with van der Waals surface area (Å²) in [4.78, 5) is 5.20. The molecular formula is C13H26N4O. The van der Waals surface area contributed by atoms with Crippen LogP contribution in [0.25, 0.3) is 0 Å². The minimum absolute atomic E-state index is 0.299. The molecule has 3 fully saturated rings. The molecule has 2 unspecified atom stereocenters. The molecule has 0 bridgehead atoms. The van der Waals surface area contributed by atoms with Gasteiger partial charge in [0.1, 0.15) is 0 Å². The second-order valence-corrected chi connectivity index (χ2v) is 6.24. The zero-order chi connectivity index (χ0) is 12.6. The number of hydrogen-bond donors (Lipinski definition) is 2. The van der Waals surface area contributed by atoms with Crippen molar-refractivity contribution in [3.8, 4) is 0 Å². The second kappa shape index (κ2) is 5.06. The van der Waals surface area contributed by atoms with Crippen LogP contribution >= 0.6 is 0 Å². The predicted molar refractivity (Wildman–Crippen MR) is 71.6 cm³/mol. The third-order valence-electron chi connectivity index (χ3n) is 4.86. The molecule has 0 aromatic heterocycles. The normalized spacial score (nSPS) is 38.3. The summed E-state index contributed by atoms with van der Waals surface area (Å²) in [6, 6.07) is 0.881. The van der Waals surface area contributed by atoms with E-state index in [9.17, 15) is 0 Å². The highest BCUT2D eigenvalue weighted by molar-refractivity contribution is 4.96. The zero-order valence-corrected chi connectivity index (χ0v) is 11.4. The van der Waals surface area contributed by atoms with Gasteiger partial charge in [-0.05, 0) is 19.9 Å². The Balaban J connectivity index is 1.53. The lowest BCUT2D eigenvalue weighted by Crippen LogP contribution is -2.67. The van der Waals surface area contributed by atoms with Crippen LogP contribution < -0.4 is 11.1 Å². The Morgan fingerprint density at radius 2 is 1.94 bits per heavy atom. The van der Waals surface area contributed by atoms with Gasteiger partial charge in [-0.2, -0.15) is 0 Å². The van der Waals surface area contributed by atoms with E-state index in [-0.39, 0.29) is 0 Å². The second-order valence-electron chi connectivity index (χ2n) is 6.24. The van der Waals surface area contributed by atoms with Crippen molar-refractivity contribution in [3.63, 3.8) is 0 Å². The molecule has 0 amide bonds. The predicted octanol–water partition coefficient (Wildman–Crippen LogP) is -0.918. The van der Waals surface area contributed by atoms with Crippen molar-refractivity contribution in [2.24, 2.45) is 5.73 Å². The summed E-state index contributed by atoms with van der Waals surface area (Å²) in [6.07, 6.45) is 1.20. The molecule has 3 rings (SSSR count). The zero-order valence-electron chi connectivity index (χ0n) is 11.4. The highest BCUT2D eigenvalue weighted by Gasteiger charge is 2.41. The first-order chi connectivity index (χ1) is 8.69. The van der Waals surface area contributed by atoms with E-state index < -0.39 is 0 Å². The minimum Gasteiger partial charge on any atom is -0.377 e. The Bertz CT molecular complexity index is 287. The van der Waals surface area contributed by atoms with E-state index in [0.717, 1.165) is 52.5 Å². The van der Waals surface area contributed by atoms with Crippen LogP contribution in [0.2, 0.25) is 0 Å². The van der Waals surface area contributed by atoms with Gasteiger partial charge in [0.15, 0.2) is 0 Å². The maximum Gasteiger partial charge on any atom is 0.0671 e. The molecule has 18 heavy (non-hydrogen) atoms. The number of ether oxygens (including phenoxy) is 1. The van der Waals surface area contributed by atoms with E-state index in [0.29, 0.717) is 17.6 Å². The number of nitrogens with one attached hydrogen (secondary N) is 1. The fourth-order valence-electron chi connectivity index (χ4n) is 3.50. The first-order valence-electron chi connectivity index (χ1n) is 7.22. The van der Waals surface area contributed by atoms with E-state index >= 15 is 0 Å². The van der Waals surface area contributed by atoms with Crippen molar-refractivity contribution >= 4 is 0 Å². The number of hydrogen-bond acceptors (Lipinski definition) is 5. The lowest BCUT2D eigenvalue weighted by Gasteiger charge is -2.52. The molecule has 3 aliphatic rings. The number of piperidine rings is 1. The highest BCUT2D eigenvalue weighted by Crippen LogP contribution is 2.26. The first-order valence-corrected chi connectivity index (χ1v) is 7.22. The van der Waals surface area contributed by atoms with Crippen LogP contribution in [0.4, 0.5) is 0 Å². The number of rotatable bonds is 2. The maximum absolute atomic E-state index is 6.23. The SMILES string of the molecule is CC1(N2CCN(C3CCNCC3N)CC2)COC1. The standard InChI is InChI=1S/C13H26N4O/c1-13(9-18-10-13)17-6-4-16(5-7-17)12-2-3-15-8-11(12)14/h11-12,15H,2-10,14H2,1H3. The van der Waals surface area contributed by atoms with Crippen LogP contribution in [0.15, 0.2) is 0 Å². The van der Waals surface area contributed by atoms with Crippen LogP contribution in [0.1, 0.15) is 13.3 Å². The Morgan fingerprint density at radius 1 is 1.22 bits per heavy atom. The molecule has 2 atom stereocenters. The van der Waals surface area contributed by atoms with Crippen molar-refractivity contribution in [1.82, 2.24) is 15.1 Å². The summed E-state index contributed by atoms with van der Waals surface area (Å²) in [6.45, 7) is 10.9. The van der Waals surface area contributed by atoms with E-state index in [1.54, 1.807) is 0 Å². The largest absolute Gasteiger partial charge is 0.377 e. The van der Waals surface area contributed by atoms with Gasteiger partial charge in [0, 0.05) is 44.8 Å². The van der Waals surface area contributed by atoms with E-state index in [1.165, 1.54) is 6.42 Å². The summed E-state index contributed by atoms with van der Waals surface area (Å²) in [7, 11) is 0. The molecule has 3 aliphatic heterocycles. The number of piperazine rings is 1. The molecule has 0 radical (unpaired) electrons. The highest BCUT2D eigenvalue weighted by atomic mass is 16.5. The molecule has 3 saturated heterocycles. The molecule has 0 saturated carbocycles. The van der Waals surface area contributed by atoms with Gasteiger partial charge in [0.2, 0.25) is 0 Å². The quantitative estimate of drug-likeness (QED) is 0.668. The lowest BCUT2D eigenvalue weighted by molar-refractivity contribution is -0.142. The first kappa shape index (κ1) is 12.8. The molecule has 0 aliphatic carbocycles. The monoisotopic (exact) mass is 254 g/mol. The van der Waals surface area contributed by atoms with E-state index in [1.807, 2.05) is 0 Å². The van der Waals surface area contributed by atoms with Crippen molar-refractivity contribution < 1.29 is 4.74 Å². The van der Waals surface area contributed by atoms with Crippen LogP contribution in [0.5, 0.6) is 0 Å². The summed E-state index contributed by atoms with van der Waals surface area (Å²) >= 11 is 0. The lowest BCUT2D eigenvalue weighted by atomic mass is 9.95. The van der Waals surface area contributed by atoms with Crippen LogP contribution in [-0.2, 0) is 4.74 Å². The molecule has 5 heteroatoms. The van der Waals surface area contributed by atoms with E-state index in [2.05, 4.69) is 22.0 Å². The molecule has 3 heterocycles. The number of nitrogens with zero attached hydrogens (tertiary/aromatic N) is 2. The Kier molecular flexibility index (Phi) is 3.60. The Labute approximate surface area is 110 Å². The molecule has 3 N–H and O–H groups in total. The van der Waals surface area contributed by atoms with Crippen molar-refractivity contribution in [3.05, 3.63) is 0 Å². The van der Waals surface area contributed by atoms with Crippen LogP contribution in [0, 0.1) is 0 Å². The minimum atomic E-state index is 0.299. The molecule has 0 aromatic carbocycles. The van der Waals surface area contributed by atoms with Gasteiger partial charge >= 0.3 is 0 Å². The fraction of sp³-hybridized carbons (Fsp3) is 1.00. The average molecular weight is 254 g/mol. The Morgan fingerprint density at radius 3 is 2.50 bits per heavy atom. The van der Waals surface area contributed by atoms with Crippen molar-refractivity contribution in [1.29, 1.82) is 0 Å². The van der Waals surface area contributed by atoms with E-state index in [4.69, 9.17) is 10.5 Å². The molecular weight excluding hydrogens is 228 g/mol. The van der Waals surface area contributed by atoms with Gasteiger partial charge in [-0.1, -0.05) is 0 Å². The van der Waals surface area contributed by atoms with Crippen LogP contribution in [-0.4, -0.2) is 79.9 Å². The van der Waals surface area contributed by atoms with Crippen molar-refractivity contribution in [2.45, 2.75) is 31.0 Å². The topological polar surface area (TPSA) is 53.8 Å². The molecule has 104 valence electrons. The van der Waals surface area contributed by atoms with Gasteiger partial charge in [0.05, 0.1) is 18.8 Å². The summed E-state index contributed by atoms with van der Waals surface area (Å²) in [5.41, 5.74) is 6.54. The Hall–Kier alpha value is -0.200. The summed E-state index contributed by atoms with van der Waals surface area (Å²) < 4.78 is 5.37. The smallest absolute Gasteiger partial charge is 0.0671 e. The average Bonchev–Trinajstić information content (AvgIpc) is 2.37. The summed E-state index contributed by atoms with van der Waals surface area (Å²) in [5, 5.41) is 3.38. The molecule has 5 nitrogen and oxygen atoms in total. The van der Waals surface area contributed by atoms with Gasteiger partial charge in [-0.25, -0.2) is 0 Å². The van der Waals surface area contributed by atoms with Gasteiger partial charge in [-0.3, -0.25) is 9.80 Å². The van der Waals surface area contributed by atoms with Crippen LogP contribution in [0.3, 0.4) is 0 Å². The maximum atomic E-state index is 6.23. The fourth-order valence-corrected chi connectivity index (χ4v) is 3.50. The molecule has 0 aromatic rings. The third-order valence-corrected chi connectivity index (χ3v) is 4.86.